The van der Waals surface area contributed by atoms with E-state index in [1.165, 1.54) is 19.2 Å². The van der Waals surface area contributed by atoms with Crippen LogP contribution in [0.5, 0.6) is 5.75 Å². The van der Waals surface area contributed by atoms with Crippen LogP contribution in [-0.2, 0) is 0 Å². The Morgan fingerprint density at radius 2 is 2.12 bits per heavy atom. The van der Waals surface area contributed by atoms with Gasteiger partial charge in [0.25, 0.3) is 0 Å². The molecule has 16 heavy (non-hydrogen) atoms. The summed E-state index contributed by atoms with van der Waals surface area (Å²) >= 11 is 0. The summed E-state index contributed by atoms with van der Waals surface area (Å²) in [5, 5.41) is 3.67. The molecule has 0 saturated heterocycles. The molecule has 0 amide bonds. The summed E-state index contributed by atoms with van der Waals surface area (Å²) in [7, 11) is 1.47. The maximum Gasteiger partial charge on any atom is 0.222 e. The van der Waals surface area contributed by atoms with Crippen molar-refractivity contribution in [1.82, 2.24) is 5.16 Å². The molecule has 0 aliphatic rings. The Labute approximate surface area is 91.8 Å². The monoisotopic (exact) mass is 222 g/mol. The third-order valence-corrected chi connectivity index (χ3v) is 2.20. The predicted molar refractivity (Wildman–Crippen MR) is 57.6 cm³/mol. The van der Waals surface area contributed by atoms with E-state index in [4.69, 9.17) is 15.0 Å². The molecule has 0 radical (unpaired) electrons. The fourth-order valence-electron chi connectivity index (χ4n) is 1.53. The summed E-state index contributed by atoms with van der Waals surface area (Å²) < 4.78 is 23.6. The smallest absolute Gasteiger partial charge is 0.222 e. The van der Waals surface area contributed by atoms with Crippen molar-refractivity contribution < 1.29 is 13.7 Å². The summed E-state index contributed by atoms with van der Waals surface area (Å²) in [6, 6.07) is 4.59. The van der Waals surface area contributed by atoms with Gasteiger partial charge in [-0.1, -0.05) is 5.16 Å². The van der Waals surface area contributed by atoms with Crippen LogP contribution in [0.3, 0.4) is 0 Å². The zero-order valence-electron chi connectivity index (χ0n) is 8.95. The molecule has 0 fully saturated rings. The number of rotatable bonds is 2. The number of nitrogens with two attached hydrogens (primary N) is 1. The number of hydrogen-bond acceptors (Lipinski definition) is 4. The number of nitrogens with zero attached hydrogens (tertiary/aromatic N) is 1. The maximum atomic E-state index is 13.8. The van der Waals surface area contributed by atoms with Gasteiger partial charge in [-0.25, -0.2) is 4.39 Å². The van der Waals surface area contributed by atoms with Gasteiger partial charge < -0.3 is 15.0 Å². The van der Waals surface area contributed by atoms with Gasteiger partial charge in [0.1, 0.15) is 17.3 Å². The maximum absolute atomic E-state index is 13.8. The van der Waals surface area contributed by atoms with Crippen molar-refractivity contribution in [2.24, 2.45) is 0 Å². The number of hydrogen-bond donors (Lipinski definition) is 1. The zero-order valence-corrected chi connectivity index (χ0v) is 8.95. The zero-order chi connectivity index (χ0) is 11.7. The average molecular weight is 222 g/mol. The van der Waals surface area contributed by atoms with E-state index in [0.717, 1.165) is 5.56 Å². The van der Waals surface area contributed by atoms with Gasteiger partial charge in [0.05, 0.1) is 12.7 Å². The molecule has 0 bridgehead atoms. The van der Waals surface area contributed by atoms with Crippen LogP contribution in [0.2, 0.25) is 0 Å². The summed E-state index contributed by atoms with van der Waals surface area (Å²) in [5.41, 5.74) is 6.75. The molecule has 0 aliphatic heterocycles. The Kier molecular flexibility index (Phi) is 2.52. The topological polar surface area (TPSA) is 61.3 Å². The second-order valence-corrected chi connectivity index (χ2v) is 3.44. The van der Waals surface area contributed by atoms with E-state index < -0.39 is 5.82 Å². The van der Waals surface area contributed by atoms with Crippen molar-refractivity contribution >= 4 is 5.88 Å². The van der Waals surface area contributed by atoms with Gasteiger partial charge in [-0.15, -0.1) is 0 Å². The standard InChI is InChI=1S/C11H11FN2O2/c1-6-3-7(12)11(9(4-6)15-2)8-5-10(13)16-14-8/h3-5H,13H2,1-2H3. The number of aryl methyl sites for hydroxylation is 1. The normalized spacial score (nSPS) is 10.4. The largest absolute Gasteiger partial charge is 0.496 e. The minimum Gasteiger partial charge on any atom is -0.496 e. The lowest BCUT2D eigenvalue weighted by Crippen LogP contribution is -1.93. The van der Waals surface area contributed by atoms with Crippen LogP contribution in [0.25, 0.3) is 11.3 Å². The summed E-state index contributed by atoms with van der Waals surface area (Å²) in [6.07, 6.45) is 0. The molecule has 0 spiro atoms. The first kappa shape index (κ1) is 10.5. The van der Waals surface area contributed by atoms with Gasteiger partial charge in [-0.2, -0.15) is 0 Å². The fourth-order valence-corrected chi connectivity index (χ4v) is 1.53. The Morgan fingerprint density at radius 1 is 1.38 bits per heavy atom. The third-order valence-electron chi connectivity index (χ3n) is 2.20. The van der Waals surface area contributed by atoms with Gasteiger partial charge >= 0.3 is 0 Å². The molecule has 0 aliphatic carbocycles. The molecule has 4 nitrogen and oxygen atoms in total. The highest BCUT2D eigenvalue weighted by Gasteiger charge is 2.16. The number of methoxy groups -OCH3 is 1. The van der Waals surface area contributed by atoms with E-state index in [-0.39, 0.29) is 11.4 Å². The van der Waals surface area contributed by atoms with Crippen LogP contribution in [0.1, 0.15) is 5.56 Å². The first-order chi connectivity index (χ1) is 7.61. The molecule has 2 rings (SSSR count). The van der Waals surface area contributed by atoms with Crippen molar-refractivity contribution in [3.63, 3.8) is 0 Å². The van der Waals surface area contributed by atoms with Crippen LogP contribution in [0.15, 0.2) is 22.7 Å². The van der Waals surface area contributed by atoms with Crippen LogP contribution in [0.4, 0.5) is 10.3 Å². The van der Waals surface area contributed by atoms with Gasteiger partial charge in [-0.3, -0.25) is 0 Å². The minimum absolute atomic E-state index is 0.136. The molecule has 0 atom stereocenters. The predicted octanol–water partition coefficient (Wildman–Crippen LogP) is 2.38. The van der Waals surface area contributed by atoms with Crippen LogP contribution in [-0.4, -0.2) is 12.3 Å². The number of benzene rings is 1. The lowest BCUT2D eigenvalue weighted by atomic mass is 10.1. The number of ether oxygens (including phenoxy) is 1. The SMILES string of the molecule is COc1cc(C)cc(F)c1-c1cc(N)on1. The highest BCUT2D eigenvalue weighted by Crippen LogP contribution is 2.33. The molecule has 1 heterocycles. The molecule has 84 valence electrons. The molecule has 0 unspecified atom stereocenters. The molecule has 2 N–H and O–H groups in total. The summed E-state index contributed by atoms with van der Waals surface area (Å²) in [5.74, 6) is 0.132. The lowest BCUT2D eigenvalue weighted by molar-refractivity contribution is 0.410. The van der Waals surface area contributed by atoms with E-state index in [9.17, 15) is 4.39 Å². The van der Waals surface area contributed by atoms with Crippen LogP contribution in [0, 0.1) is 12.7 Å². The van der Waals surface area contributed by atoms with E-state index in [2.05, 4.69) is 5.16 Å². The molecule has 2 aromatic rings. The Balaban J connectivity index is 2.63. The third kappa shape index (κ3) is 1.71. The summed E-state index contributed by atoms with van der Waals surface area (Å²) in [4.78, 5) is 0. The average Bonchev–Trinajstić information content (AvgIpc) is 2.63. The second kappa shape index (κ2) is 3.84. The van der Waals surface area contributed by atoms with Crippen molar-refractivity contribution in [1.29, 1.82) is 0 Å². The number of anilines is 1. The van der Waals surface area contributed by atoms with Crippen LogP contribution < -0.4 is 10.5 Å². The Hall–Kier alpha value is -2.04. The number of nitrogen functional groups attached to an aromatic ring is 1. The second-order valence-electron chi connectivity index (χ2n) is 3.44. The van der Waals surface area contributed by atoms with Crippen LogP contribution >= 0.6 is 0 Å². The Morgan fingerprint density at radius 3 is 2.69 bits per heavy atom. The molecule has 1 aromatic carbocycles. The van der Waals surface area contributed by atoms with Crippen molar-refractivity contribution in [3.05, 3.63) is 29.6 Å². The van der Waals surface area contributed by atoms with E-state index >= 15 is 0 Å². The first-order valence-corrected chi connectivity index (χ1v) is 4.68. The number of aromatic nitrogens is 1. The molecular weight excluding hydrogens is 211 g/mol. The van der Waals surface area contributed by atoms with E-state index in [1.807, 2.05) is 0 Å². The van der Waals surface area contributed by atoms with Crippen molar-refractivity contribution in [3.8, 4) is 17.0 Å². The quantitative estimate of drug-likeness (QED) is 0.847. The lowest BCUT2D eigenvalue weighted by Gasteiger charge is -2.07. The highest BCUT2D eigenvalue weighted by molar-refractivity contribution is 5.69. The molecule has 0 saturated carbocycles. The molecule has 1 aromatic heterocycles. The fraction of sp³-hybridized carbons (Fsp3) is 0.182. The van der Waals surface area contributed by atoms with E-state index in [0.29, 0.717) is 11.4 Å². The molecular formula is C11H11FN2O2. The van der Waals surface area contributed by atoms with Crippen molar-refractivity contribution in [2.75, 3.05) is 12.8 Å². The van der Waals surface area contributed by atoms with Gasteiger partial charge in [0, 0.05) is 6.07 Å². The van der Waals surface area contributed by atoms with Gasteiger partial charge in [-0.05, 0) is 24.6 Å². The Bertz CT molecular complexity index is 523. The van der Waals surface area contributed by atoms with Crippen molar-refractivity contribution in [2.45, 2.75) is 6.92 Å². The van der Waals surface area contributed by atoms with Gasteiger partial charge in [0.2, 0.25) is 5.88 Å². The molecule has 5 heteroatoms. The number of halogens is 1. The summed E-state index contributed by atoms with van der Waals surface area (Å²) in [6.45, 7) is 1.78. The van der Waals surface area contributed by atoms with E-state index in [1.54, 1.807) is 13.0 Å². The highest BCUT2D eigenvalue weighted by atomic mass is 19.1. The van der Waals surface area contributed by atoms with Gasteiger partial charge in [0.15, 0.2) is 0 Å². The first-order valence-electron chi connectivity index (χ1n) is 4.68. The minimum atomic E-state index is -0.412.